The molecule has 144 valence electrons. The van der Waals surface area contributed by atoms with E-state index in [1.807, 2.05) is 5.32 Å². The van der Waals surface area contributed by atoms with Gasteiger partial charge in [0.25, 0.3) is 5.91 Å². The summed E-state index contributed by atoms with van der Waals surface area (Å²) in [6.07, 6.45) is -0.612. The Morgan fingerprint density at radius 3 is 2.69 bits per heavy atom. The van der Waals surface area contributed by atoms with Gasteiger partial charge >= 0.3 is 0 Å². The molecule has 1 saturated heterocycles. The SMILES string of the molecule is [2H]C1([2H])CC(CNC(=O)c2cc(F)cc(Cl)c2)CC([2H])([2H])N1CC(=O)NC(C)(C([2H])([2H])[2H])C([2H])([2H])[2H]. The minimum absolute atomic E-state index is 0.00693. The number of nitrogens with zero attached hydrogens (tertiary/aromatic N) is 1. The Balaban J connectivity index is 2.12. The minimum Gasteiger partial charge on any atom is -0.352 e. The topological polar surface area (TPSA) is 61.4 Å². The molecule has 5 nitrogen and oxygen atoms in total. The van der Waals surface area contributed by atoms with Crippen molar-refractivity contribution in [2.75, 3.05) is 26.1 Å². The summed E-state index contributed by atoms with van der Waals surface area (Å²) >= 11 is 5.75. The van der Waals surface area contributed by atoms with Crippen molar-refractivity contribution in [1.29, 1.82) is 0 Å². The van der Waals surface area contributed by atoms with E-state index in [4.69, 9.17) is 25.3 Å². The van der Waals surface area contributed by atoms with Gasteiger partial charge in [-0.2, -0.15) is 0 Å². The number of carbonyl (C=O) groups excluding carboxylic acids is 2. The fourth-order valence-corrected chi connectivity index (χ4v) is 2.57. The summed E-state index contributed by atoms with van der Waals surface area (Å²) in [6, 6.07) is 3.23. The molecular formula is C19H27ClFN3O2. The van der Waals surface area contributed by atoms with Crippen molar-refractivity contribution in [3.8, 4) is 0 Å². The van der Waals surface area contributed by atoms with Crippen LogP contribution in [0.5, 0.6) is 0 Å². The lowest BCUT2D eigenvalue weighted by Crippen LogP contribution is -2.48. The molecule has 2 rings (SSSR count). The Hall–Kier alpha value is -1.66. The van der Waals surface area contributed by atoms with Gasteiger partial charge in [0.05, 0.1) is 6.54 Å². The molecule has 1 heterocycles. The molecule has 0 aromatic heterocycles. The number of hydrogen-bond acceptors (Lipinski definition) is 3. The van der Waals surface area contributed by atoms with Gasteiger partial charge in [-0.25, -0.2) is 4.39 Å². The van der Waals surface area contributed by atoms with E-state index < -0.39 is 62.3 Å². The van der Waals surface area contributed by atoms with E-state index in [-0.39, 0.29) is 30.0 Å². The van der Waals surface area contributed by atoms with Crippen molar-refractivity contribution < 1.29 is 27.7 Å². The van der Waals surface area contributed by atoms with Gasteiger partial charge in [-0.05, 0) is 70.6 Å². The maximum atomic E-state index is 13.5. The zero-order chi connectivity index (χ0) is 27.9. The molecule has 0 spiro atoms. The van der Waals surface area contributed by atoms with Crippen LogP contribution in [0.2, 0.25) is 5.02 Å². The first kappa shape index (κ1) is 10.6. The zero-order valence-electron chi connectivity index (χ0n) is 24.2. The fraction of sp³-hybridized carbons (Fsp3) is 0.579. The molecule has 1 aromatic carbocycles. The Bertz CT molecular complexity index is 950. The number of nitrogens with one attached hydrogen (secondary N) is 2. The van der Waals surface area contributed by atoms with Crippen LogP contribution in [0.1, 0.15) is 57.5 Å². The molecular weight excluding hydrogens is 357 g/mol. The highest BCUT2D eigenvalue weighted by atomic mass is 35.5. The summed E-state index contributed by atoms with van der Waals surface area (Å²) in [5, 5.41) is 4.44. The van der Waals surface area contributed by atoms with Crippen molar-refractivity contribution in [1.82, 2.24) is 15.5 Å². The van der Waals surface area contributed by atoms with E-state index in [2.05, 4.69) is 5.32 Å². The standard InChI is InChI=1S/C19H27ClFN3O2/c1-19(2,3)23-17(25)12-24-6-4-13(5-7-24)11-22-18(26)14-8-15(20)10-16(21)9-14/h8-10,13H,4-7,11-12H2,1-3H3,(H,22,26)(H,23,25)/i1D3,2D3,6D2,7D2. The van der Waals surface area contributed by atoms with E-state index in [0.29, 0.717) is 4.90 Å². The number of piperidine rings is 1. The molecule has 2 amide bonds. The van der Waals surface area contributed by atoms with E-state index >= 15 is 0 Å². The lowest BCUT2D eigenvalue weighted by molar-refractivity contribution is -0.124. The summed E-state index contributed by atoms with van der Waals surface area (Å²) in [6.45, 7) is -11.3. The van der Waals surface area contributed by atoms with Gasteiger partial charge in [0, 0.05) is 36.4 Å². The van der Waals surface area contributed by atoms with Gasteiger partial charge in [0.15, 0.2) is 0 Å². The first-order valence-corrected chi connectivity index (χ1v) is 8.30. The lowest BCUT2D eigenvalue weighted by Gasteiger charge is -2.32. The van der Waals surface area contributed by atoms with Crippen LogP contribution in [-0.4, -0.2) is 48.3 Å². The molecule has 0 aliphatic carbocycles. The number of likely N-dealkylation sites (tertiary alicyclic amines) is 1. The number of carbonyl (C=O) groups is 2. The Morgan fingerprint density at radius 2 is 2.08 bits per heavy atom. The summed E-state index contributed by atoms with van der Waals surface area (Å²) in [5.74, 6) is -3.29. The zero-order valence-corrected chi connectivity index (χ0v) is 14.9. The molecule has 1 aliphatic rings. The average Bonchev–Trinajstić information content (AvgIpc) is 2.66. The van der Waals surface area contributed by atoms with E-state index in [1.165, 1.54) is 6.07 Å². The lowest BCUT2D eigenvalue weighted by atomic mass is 9.96. The van der Waals surface area contributed by atoms with Crippen molar-refractivity contribution in [3.63, 3.8) is 0 Å². The summed E-state index contributed by atoms with van der Waals surface area (Å²) < 4.78 is 92.0. The van der Waals surface area contributed by atoms with Crippen LogP contribution in [0.15, 0.2) is 18.2 Å². The van der Waals surface area contributed by atoms with Crippen LogP contribution in [0, 0.1) is 11.7 Å². The summed E-state index contributed by atoms with van der Waals surface area (Å²) in [4.78, 5) is 25.6. The van der Waals surface area contributed by atoms with Crippen LogP contribution in [-0.2, 0) is 4.79 Å². The molecule has 1 aromatic rings. The van der Waals surface area contributed by atoms with Gasteiger partial charge in [-0.3, -0.25) is 14.5 Å². The van der Waals surface area contributed by atoms with Crippen LogP contribution in [0.4, 0.5) is 4.39 Å². The van der Waals surface area contributed by atoms with Crippen LogP contribution < -0.4 is 10.6 Å². The predicted molar refractivity (Wildman–Crippen MR) is 101 cm³/mol. The summed E-state index contributed by atoms with van der Waals surface area (Å²) in [5.41, 5.74) is -2.70. The van der Waals surface area contributed by atoms with Crippen molar-refractivity contribution in [2.24, 2.45) is 5.92 Å². The quantitative estimate of drug-likeness (QED) is 0.808. The normalized spacial score (nSPS) is 26.9. The van der Waals surface area contributed by atoms with E-state index in [9.17, 15) is 14.0 Å². The molecule has 1 aliphatic heterocycles. The van der Waals surface area contributed by atoms with Gasteiger partial charge in [-0.15, -0.1) is 0 Å². The van der Waals surface area contributed by atoms with Crippen LogP contribution in [0.3, 0.4) is 0 Å². The van der Waals surface area contributed by atoms with Gasteiger partial charge < -0.3 is 10.6 Å². The molecule has 0 unspecified atom stereocenters. The van der Waals surface area contributed by atoms with Crippen molar-refractivity contribution in [2.45, 2.75) is 39.0 Å². The second kappa shape index (κ2) is 8.82. The number of halogens is 2. The number of rotatable bonds is 5. The first-order valence-electron chi connectivity index (χ1n) is 12.9. The Kier molecular flexibility index (Phi) is 3.60. The third kappa shape index (κ3) is 6.92. The minimum atomic E-state index is -3.12. The van der Waals surface area contributed by atoms with Gasteiger partial charge in [-0.1, -0.05) is 11.6 Å². The van der Waals surface area contributed by atoms with E-state index in [0.717, 1.165) is 19.1 Å². The second-order valence-electron chi connectivity index (χ2n) is 6.22. The third-order valence-corrected chi connectivity index (χ3v) is 3.73. The van der Waals surface area contributed by atoms with Crippen molar-refractivity contribution in [3.05, 3.63) is 34.6 Å². The summed E-state index contributed by atoms with van der Waals surface area (Å²) in [7, 11) is 0. The first-order chi connectivity index (χ1) is 16.1. The molecule has 2 N–H and O–H groups in total. The predicted octanol–water partition coefficient (Wildman–Crippen LogP) is 2.84. The van der Waals surface area contributed by atoms with Gasteiger partial charge in [0.2, 0.25) is 5.91 Å². The van der Waals surface area contributed by atoms with Crippen LogP contribution >= 0.6 is 11.6 Å². The molecule has 1 fully saturated rings. The smallest absolute Gasteiger partial charge is 0.251 e. The highest BCUT2D eigenvalue weighted by molar-refractivity contribution is 6.31. The maximum absolute atomic E-state index is 13.5. The van der Waals surface area contributed by atoms with Gasteiger partial charge in [0.1, 0.15) is 5.82 Å². The molecule has 0 saturated carbocycles. The van der Waals surface area contributed by atoms with Crippen molar-refractivity contribution >= 4 is 23.4 Å². The molecule has 26 heavy (non-hydrogen) atoms. The number of hydrogen-bond donors (Lipinski definition) is 2. The third-order valence-electron chi connectivity index (χ3n) is 3.51. The second-order valence-corrected chi connectivity index (χ2v) is 6.65. The Morgan fingerprint density at radius 1 is 1.38 bits per heavy atom. The molecule has 0 bridgehead atoms. The molecule has 7 heteroatoms. The fourth-order valence-electron chi connectivity index (χ4n) is 2.35. The largest absolute Gasteiger partial charge is 0.352 e. The average molecular weight is 394 g/mol. The monoisotopic (exact) mass is 393 g/mol. The molecule has 0 radical (unpaired) electrons. The van der Waals surface area contributed by atoms with Crippen LogP contribution in [0.25, 0.3) is 0 Å². The van der Waals surface area contributed by atoms with E-state index in [1.54, 1.807) is 0 Å². The highest BCUT2D eigenvalue weighted by Gasteiger charge is 2.23. The number of amides is 2. The maximum Gasteiger partial charge on any atom is 0.251 e. The highest BCUT2D eigenvalue weighted by Crippen LogP contribution is 2.17. The molecule has 0 atom stereocenters. The Labute approximate surface area is 173 Å². The number of benzene rings is 1.